The van der Waals surface area contributed by atoms with Crippen LogP contribution in [-0.4, -0.2) is 28.6 Å². The molecule has 0 aromatic heterocycles. The lowest BCUT2D eigenvalue weighted by atomic mass is 10.0. The van der Waals surface area contributed by atoms with Crippen molar-refractivity contribution in [3.05, 3.63) is 34.9 Å². The van der Waals surface area contributed by atoms with E-state index < -0.39 is 0 Å². The second kappa shape index (κ2) is 6.17. The second-order valence-corrected chi connectivity index (χ2v) is 7.35. The minimum absolute atomic E-state index is 0.300. The third-order valence-corrected chi connectivity index (χ3v) is 6.01. The lowest BCUT2D eigenvalue weighted by molar-refractivity contribution is 0.663. The molecule has 2 rings (SSSR count). The van der Waals surface area contributed by atoms with Gasteiger partial charge in [0.15, 0.2) is 0 Å². The maximum Gasteiger partial charge on any atom is 0.0293 e. The molecule has 2 N–H and O–H groups in total. The van der Waals surface area contributed by atoms with E-state index in [2.05, 4.69) is 43.8 Å². The molecule has 0 aliphatic carbocycles. The zero-order valence-electron chi connectivity index (χ0n) is 10.6. The lowest BCUT2D eigenvalue weighted by Gasteiger charge is -2.26. The summed E-state index contributed by atoms with van der Waals surface area (Å²) in [7, 11) is 0. The normalized spacial score (nSPS) is 22.4. The fraction of sp³-hybridized carbons (Fsp3) is 0.571. The predicted octanol–water partition coefficient (Wildman–Crippen LogP) is 3.02. The second-order valence-electron chi connectivity index (χ2n) is 4.85. The minimum atomic E-state index is 0.300. The van der Waals surface area contributed by atoms with Gasteiger partial charge < -0.3 is 5.73 Å². The van der Waals surface area contributed by atoms with E-state index in [0.29, 0.717) is 11.3 Å². The summed E-state index contributed by atoms with van der Waals surface area (Å²) in [5.74, 6) is 3.77. The fourth-order valence-corrected chi connectivity index (χ4v) is 5.17. The maximum atomic E-state index is 6.35. The van der Waals surface area contributed by atoms with Gasteiger partial charge in [0, 0.05) is 28.6 Å². The van der Waals surface area contributed by atoms with Gasteiger partial charge in [0.2, 0.25) is 0 Å². The molecule has 1 aliphatic heterocycles. The van der Waals surface area contributed by atoms with Crippen LogP contribution in [-0.2, 0) is 6.42 Å². The van der Waals surface area contributed by atoms with Crippen LogP contribution in [0.3, 0.4) is 0 Å². The first-order valence-corrected chi connectivity index (χ1v) is 8.37. The minimum Gasteiger partial charge on any atom is -0.326 e. The molecule has 1 fully saturated rings. The first-order chi connectivity index (χ1) is 8.15. The van der Waals surface area contributed by atoms with Gasteiger partial charge in [0.25, 0.3) is 0 Å². The number of hydrogen-bond acceptors (Lipinski definition) is 3. The molecule has 1 nitrogen and oxygen atoms in total. The average Bonchev–Trinajstić information content (AvgIpc) is 2.28. The first kappa shape index (κ1) is 13.3. The van der Waals surface area contributed by atoms with E-state index >= 15 is 0 Å². The Morgan fingerprint density at radius 1 is 1.24 bits per heavy atom. The van der Waals surface area contributed by atoms with E-state index in [4.69, 9.17) is 5.73 Å². The quantitative estimate of drug-likeness (QED) is 0.911. The Balaban J connectivity index is 1.99. The Bertz CT molecular complexity index is 352. The topological polar surface area (TPSA) is 26.0 Å². The van der Waals surface area contributed by atoms with Gasteiger partial charge in [0.05, 0.1) is 0 Å². The van der Waals surface area contributed by atoms with E-state index in [1.54, 1.807) is 0 Å². The number of thioether (sulfide) groups is 2. The molecule has 1 aromatic rings. The summed E-state index contributed by atoms with van der Waals surface area (Å²) in [6.07, 6.45) is 1.01. The van der Waals surface area contributed by atoms with Crippen LogP contribution < -0.4 is 5.73 Å². The molecule has 0 spiro atoms. The van der Waals surface area contributed by atoms with Crippen LogP contribution >= 0.6 is 23.5 Å². The molecule has 0 bridgehead atoms. The van der Waals surface area contributed by atoms with Crippen molar-refractivity contribution >= 4 is 23.5 Å². The Morgan fingerprint density at radius 3 is 2.53 bits per heavy atom. The third-order valence-electron chi connectivity index (χ3n) is 3.07. The van der Waals surface area contributed by atoms with Crippen molar-refractivity contribution in [3.8, 4) is 0 Å². The van der Waals surface area contributed by atoms with E-state index in [9.17, 15) is 0 Å². The number of nitrogens with two attached hydrogens (primary N) is 1. The predicted molar refractivity (Wildman–Crippen MR) is 81.2 cm³/mol. The molecule has 0 saturated carbocycles. The largest absolute Gasteiger partial charge is 0.326 e. The Kier molecular flexibility index (Phi) is 4.83. The van der Waals surface area contributed by atoms with E-state index in [-0.39, 0.29) is 0 Å². The molecular weight excluding hydrogens is 246 g/mol. The van der Waals surface area contributed by atoms with Gasteiger partial charge in [-0.05, 0) is 25.8 Å². The third kappa shape index (κ3) is 3.94. The van der Waals surface area contributed by atoms with Gasteiger partial charge in [-0.25, -0.2) is 0 Å². The van der Waals surface area contributed by atoms with Crippen LogP contribution in [0.15, 0.2) is 18.2 Å². The summed E-state index contributed by atoms with van der Waals surface area (Å²) in [6, 6.07) is 7.07. The highest BCUT2D eigenvalue weighted by Gasteiger charge is 2.21. The Hall–Kier alpha value is -0.120. The Labute approximate surface area is 113 Å². The van der Waals surface area contributed by atoms with Crippen molar-refractivity contribution < 1.29 is 0 Å². The highest BCUT2D eigenvalue weighted by atomic mass is 32.2. The number of benzene rings is 1. The molecule has 0 radical (unpaired) electrons. The molecule has 17 heavy (non-hydrogen) atoms. The van der Waals surface area contributed by atoms with Crippen molar-refractivity contribution in [2.75, 3.05) is 17.3 Å². The lowest BCUT2D eigenvalue weighted by Crippen LogP contribution is -2.38. The van der Waals surface area contributed by atoms with Gasteiger partial charge in [-0.2, -0.15) is 23.5 Å². The first-order valence-electron chi connectivity index (χ1n) is 6.17. The van der Waals surface area contributed by atoms with E-state index in [1.807, 2.05) is 11.8 Å². The van der Waals surface area contributed by atoms with Gasteiger partial charge >= 0.3 is 0 Å². The van der Waals surface area contributed by atoms with Crippen LogP contribution in [0.25, 0.3) is 0 Å². The monoisotopic (exact) mass is 267 g/mol. The molecule has 2 unspecified atom stereocenters. The molecule has 1 heterocycles. The van der Waals surface area contributed by atoms with E-state index in [0.717, 1.165) is 6.42 Å². The van der Waals surface area contributed by atoms with Crippen molar-refractivity contribution in [1.29, 1.82) is 0 Å². The van der Waals surface area contributed by atoms with Crippen LogP contribution in [0.5, 0.6) is 0 Å². The highest BCUT2D eigenvalue weighted by Crippen LogP contribution is 2.27. The fourth-order valence-electron chi connectivity index (χ4n) is 2.34. The van der Waals surface area contributed by atoms with Crippen LogP contribution in [0.1, 0.15) is 16.7 Å². The molecule has 94 valence electrons. The summed E-state index contributed by atoms with van der Waals surface area (Å²) in [5.41, 5.74) is 10.4. The highest BCUT2D eigenvalue weighted by molar-refractivity contribution is 8.06. The summed E-state index contributed by atoms with van der Waals surface area (Å²) in [5, 5.41) is 0.634. The van der Waals surface area contributed by atoms with Crippen LogP contribution in [0.4, 0.5) is 0 Å². The Morgan fingerprint density at radius 2 is 1.94 bits per heavy atom. The molecule has 0 amide bonds. The summed E-state index contributed by atoms with van der Waals surface area (Å²) < 4.78 is 0. The maximum absolute atomic E-state index is 6.35. The van der Waals surface area contributed by atoms with Crippen LogP contribution in [0.2, 0.25) is 0 Å². The summed E-state index contributed by atoms with van der Waals surface area (Å²) in [4.78, 5) is 0. The number of hydrogen-bond donors (Lipinski definition) is 1. The van der Waals surface area contributed by atoms with Gasteiger partial charge in [0.1, 0.15) is 0 Å². The molecular formula is C14H21NS2. The van der Waals surface area contributed by atoms with Crippen molar-refractivity contribution in [3.63, 3.8) is 0 Å². The SMILES string of the molecule is Cc1cc(C)cc(CC(N)C2CSCCS2)c1. The van der Waals surface area contributed by atoms with Crippen molar-refractivity contribution in [2.45, 2.75) is 31.6 Å². The summed E-state index contributed by atoms with van der Waals surface area (Å²) in [6.45, 7) is 4.32. The molecule has 3 heteroatoms. The smallest absolute Gasteiger partial charge is 0.0293 e. The number of aryl methyl sites for hydroxylation is 2. The van der Waals surface area contributed by atoms with E-state index in [1.165, 1.54) is 33.9 Å². The average molecular weight is 267 g/mol. The zero-order chi connectivity index (χ0) is 12.3. The van der Waals surface area contributed by atoms with Crippen LogP contribution in [0, 0.1) is 13.8 Å². The standard InChI is InChI=1S/C14H21NS2/c1-10-5-11(2)7-12(6-10)8-13(15)14-9-16-3-4-17-14/h5-7,13-14H,3-4,8-9,15H2,1-2H3. The van der Waals surface area contributed by atoms with Gasteiger partial charge in [-0.1, -0.05) is 29.3 Å². The van der Waals surface area contributed by atoms with Crippen molar-refractivity contribution in [2.24, 2.45) is 5.73 Å². The molecule has 1 saturated heterocycles. The van der Waals surface area contributed by atoms with Gasteiger partial charge in [-0.3, -0.25) is 0 Å². The number of rotatable bonds is 3. The summed E-state index contributed by atoms with van der Waals surface area (Å²) >= 11 is 4.10. The molecule has 1 aliphatic rings. The van der Waals surface area contributed by atoms with Gasteiger partial charge in [-0.15, -0.1) is 0 Å². The zero-order valence-corrected chi connectivity index (χ0v) is 12.2. The molecule has 2 atom stereocenters. The molecule has 1 aromatic carbocycles. The van der Waals surface area contributed by atoms with Crippen molar-refractivity contribution in [1.82, 2.24) is 0 Å².